The zero-order valence-electron chi connectivity index (χ0n) is 6.76. The first-order chi connectivity index (χ1) is 5.63. The van der Waals surface area contributed by atoms with Gasteiger partial charge in [0.25, 0.3) is 0 Å². The second-order valence-electron chi connectivity index (χ2n) is 1.93. The fourth-order valence-electron chi connectivity index (χ4n) is 0.376. The number of carbonyl (C=O) groups is 2. The molecule has 0 aliphatic rings. The van der Waals surface area contributed by atoms with E-state index in [-0.39, 0.29) is 29.9 Å². The minimum Gasteiger partial charge on any atom is -0.481 e. The van der Waals surface area contributed by atoms with Crippen molar-refractivity contribution in [1.29, 1.82) is 0 Å². The van der Waals surface area contributed by atoms with Crippen molar-refractivity contribution >= 4 is 50.6 Å². The van der Waals surface area contributed by atoms with E-state index in [0.29, 0.717) is 11.5 Å². The second-order valence-corrected chi connectivity index (χ2v) is 4.63. The van der Waals surface area contributed by atoms with Crippen LogP contribution in [-0.4, -0.2) is 50.7 Å². The summed E-state index contributed by atoms with van der Waals surface area (Å²) in [7, 11) is 2.79. The van der Waals surface area contributed by atoms with E-state index in [0.717, 1.165) is 0 Å². The maximum Gasteiger partial charge on any atom is 0.304 e. The van der Waals surface area contributed by atoms with Gasteiger partial charge in [0.2, 0.25) is 0 Å². The monoisotopic (exact) mass is 290 g/mol. The molecular formula is C6H10O4S2Se. The average Bonchev–Trinajstić information content (AvgIpc) is 1.95. The van der Waals surface area contributed by atoms with Gasteiger partial charge in [0.1, 0.15) is 0 Å². The molecule has 0 aromatic heterocycles. The Bertz CT molecular complexity index is 147. The second kappa shape index (κ2) is 10.2. The van der Waals surface area contributed by atoms with Gasteiger partial charge in [0, 0.05) is 28.6 Å². The van der Waals surface area contributed by atoms with E-state index in [1.807, 2.05) is 0 Å². The van der Waals surface area contributed by atoms with Gasteiger partial charge >= 0.3 is 11.9 Å². The summed E-state index contributed by atoms with van der Waals surface area (Å²) in [6.07, 6.45) is 0.259. The molecule has 0 aromatic carbocycles. The first-order valence-electron chi connectivity index (χ1n) is 3.31. The molecule has 0 atom stereocenters. The molecule has 13 heavy (non-hydrogen) atoms. The van der Waals surface area contributed by atoms with Crippen molar-refractivity contribution in [3.8, 4) is 0 Å². The van der Waals surface area contributed by atoms with Gasteiger partial charge < -0.3 is 10.2 Å². The Morgan fingerprint density at radius 2 is 1.23 bits per heavy atom. The van der Waals surface area contributed by atoms with Crippen LogP contribution in [0.5, 0.6) is 0 Å². The number of carboxylic acids is 2. The van der Waals surface area contributed by atoms with Gasteiger partial charge in [-0.2, -0.15) is 0 Å². The molecule has 76 valence electrons. The van der Waals surface area contributed by atoms with Crippen molar-refractivity contribution in [2.45, 2.75) is 12.8 Å². The van der Waals surface area contributed by atoms with Crippen molar-refractivity contribution in [2.75, 3.05) is 11.5 Å². The Labute approximate surface area is 94.7 Å². The molecule has 0 saturated heterocycles. The van der Waals surface area contributed by atoms with Crippen LogP contribution in [0.3, 0.4) is 0 Å². The predicted molar refractivity (Wildman–Crippen MR) is 55.2 cm³/mol. The number of hydrogen-bond acceptors (Lipinski definition) is 4. The molecule has 0 aromatic rings. The van der Waals surface area contributed by atoms with Crippen LogP contribution in [-0.2, 0) is 9.59 Å². The molecule has 0 aliphatic heterocycles. The van der Waals surface area contributed by atoms with Crippen LogP contribution >= 0.6 is 21.6 Å². The van der Waals surface area contributed by atoms with Gasteiger partial charge in [-0.3, -0.25) is 9.59 Å². The van der Waals surface area contributed by atoms with E-state index in [4.69, 9.17) is 10.2 Å². The van der Waals surface area contributed by atoms with Crippen LogP contribution in [0.15, 0.2) is 0 Å². The maximum atomic E-state index is 10.0. The molecule has 4 nitrogen and oxygen atoms in total. The molecule has 0 unspecified atom stereocenters. The largest absolute Gasteiger partial charge is 0.481 e. The molecule has 0 bridgehead atoms. The fourth-order valence-corrected chi connectivity index (χ4v) is 2.33. The van der Waals surface area contributed by atoms with Crippen molar-refractivity contribution < 1.29 is 19.8 Å². The molecule has 0 rings (SSSR count). The van der Waals surface area contributed by atoms with Crippen molar-refractivity contribution in [1.82, 2.24) is 0 Å². The summed E-state index contributed by atoms with van der Waals surface area (Å²) in [5.41, 5.74) is 0. The Morgan fingerprint density at radius 3 is 1.46 bits per heavy atom. The zero-order chi connectivity index (χ0) is 9.40. The summed E-state index contributed by atoms with van der Waals surface area (Å²) in [6, 6.07) is 0. The van der Waals surface area contributed by atoms with Crippen LogP contribution < -0.4 is 0 Å². The Hall–Kier alpha value is 0.159. The van der Waals surface area contributed by atoms with Crippen LogP contribution in [0.2, 0.25) is 0 Å². The summed E-state index contributed by atoms with van der Waals surface area (Å²) >= 11 is 0. The van der Waals surface area contributed by atoms with Gasteiger partial charge in [-0.1, -0.05) is 21.6 Å². The minimum atomic E-state index is -0.818. The SMILES string of the molecule is O=C(O)CCSSCCC(=O)O.[Se]. The van der Waals surface area contributed by atoms with E-state index < -0.39 is 11.9 Å². The third kappa shape index (κ3) is 15.0. The van der Waals surface area contributed by atoms with Crippen molar-refractivity contribution in [2.24, 2.45) is 0 Å². The summed E-state index contributed by atoms with van der Waals surface area (Å²) in [6.45, 7) is 0. The normalized spacial score (nSPS) is 8.92. The van der Waals surface area contributed by atoms with E-state index in [9.17, 15) is 9.59 Å². The van der Waals surface area contributed by atoms with Gasteiger partial charge in [-0.15, -0.1) is 0 Å². The van der Waals surface area contributed by atoms with E-state index >= 15 is 0 Å². The van der Waals surface area contributed by atoms with Crippen LogP contribution in [0.4, 0.5) is 0 Å². The molecule has 2 radical (unpaired) electrons. The smallest absolute Gasteiger partial charge is 0.304 e. The summed E-state index contributed by atoms with van der Waals surface area (Å²) in [5, 5.41) is 16.5. The molecule has 0 aliphatic carbocycles. The van der Waals surface area contributed by atoms with Crippen LogP contribution in [0, 0.1) is 0 Å². The van der Waals surface area contributed by atoms with Crippen LogP contribution in [0.1, 0.15) is 12.8 Å². The molecule has 7 heteroatoms. The van der Waals surface area contributed by atoms with Crippen molar-refractivity contribution in [3.63, 3.8) is 0 Å². The fraction of sp³-hybridized carbons (Fsp3) is 0.667. The van der Waals surface area contributed by atoms with Gasteiger partial charge in [-0.25, -0.2) is 0 Å². The van der Waals surface area contributed by atoms with Gasteiger partial charge in [-0.05, 0) is 0 Å². The Morgan fingerprint density at radius 1 is 0.923 bits per heavy atom. The standard InChI is InChI=1S/C6H10O4S2.Se/c7-5(8)1-3-11-12-4-2-6(9)10;/h1-4H2,(H,7,8)(H,9,10);. The van der Waals surface area contributed by atoms with E-state index in [1.54, 1.807) is 0 Å². The first-order valence-corrected chi connectivity index (χ1v) is 5.79. The predicted octanol–water partition coefficient (Wildman–Crippen LogP) is 0.936. The van der Waals surface area contributed by atoms with E-state index in [2.05, 4.69) is 0 Å². The van der Waals surface area contributed by atoms with Gasteiger partial charge in [0.15, 0.2) is 0 Å². The maximum absolute atomic E-state index is 10.0. The summed E-state index contributed by atoms with van der Waals surface area (Å²) < 4.78 is 0. The summed E-state index contributed by atoms with van der Waals surface area (Å²) in [5.74, 6) is -0.582. The molecule has 0 saturated carbocycles. The Balaban J connectivity index is 0. The average molecular weight is 289 g/mol. The third-order valence-electron chi connectivity index (χ3n) is 0.882. The van der Waals surface area contributed by atoms with Crippen molar-refractivity contribution in [3.05, 3.63) is 0 Å². The molecule has 0 spiro atoms. The molecule has 0 amide bonds. The topological polar surface area (TPSA) is 74.6 Å². The van der Waals surface area contributed by atoms with Crippen LogP contribution in [0.25, 0.3) is 0 Å². The molecule has 0 fully saturated rings. The summed E-state index contributed by atoms with van der Waals surface area (Å²) in [4.78, 5) is 20.0. The third-order valence-corrected chi connectivity index (χ3v) is 3.29. The minimum absolute atomic E-state index is 0. The number of hydrogen-bond donors (Lipinski definition) is 2. The quantitative estimate of drug-likeness (QED) is 0.413. The van der Waals surface area contributed by atoms with Gasteiger partial charge in [0.05, 0.1) is 12.8 Å². The molecular weight excluding hydrogens is 279 g/mol. The first kappa shape index (κ1) is 15.6. The zero-order valence-corrected chi connectivity index (χ0v) is 10.1. The molecule has 0 heterocycles. The Kier molecular flexibility index (Phi) is 12.3. The number of rotatable bonds is 7. The molecule has 2 N–H and O–H groups in total. The number of aliphatic carboxylic acids is 2. The van der Waals surface area contributed by atoms with E-state index in [1.165, 1.54) is 21.6 Å². The number of carboxylic acid groups (broad SMARTS) is 2.